The normalized spacial score (nSPS) is 11.2. The minimum atomic E-state index is -0.239. The number of benzene rings is 1. The standard InChI is InChI=1S/C18H22ClN3O2/c1-18(2,8-9-23)12-21-16-7-6-13(11-20-16)17(24)22-15-5-3-4-14(19)10-15/h3-7,10-11,23H,8-9,12H2,1-2H3,(H,20,21)(H,22,24). The second kappa shape index (κ2) is 8.13. The molecule has 5 nitrogen and oxygen atoms in total. The van der Waals surface area contributed by atoms with E-state index in [4.69, 9.17) is 16.7 Å². The Morgan fingerprint density at radius 3 is 2.71 bits per heavy atom. The zero-order chi connectivity index (χ0) is 17.6. The van der Waals surface area contributed by atoms with Gasteiger partial charge in [-0.3, -0.25) is 4.79 Å². The van der Waals surface area contributed by atoms with Crippen molar-refractivity contribution in [1.29, 1.82) is 0 Å². The van der Waals surface area contributed by atoms with E-state index in [1.165, 1.54) is 6.20 Å². The molecule has 0 unspecified atom stereocenters. The molecule has 0 aliphatic heterocycles. The number of aliphatic hydroxyl groups excluding tert-OH is 1. The maximum absolute atomic E-state index is 12.2. The van der Waals surface area contributed by atoms with Gasteiger partial charge in [0.15, 0.2) is 0 Å². The molecule has 0 atom stereocenters. The Morgan fingerprint density at radius 2 is 2.08 bits per heavy atom. The molecule has 24 heavy (non-hydrogen) atoms. The number of halogens is 1. The van der Waals surface area contributed by atoms with E-state index < -0.39 is 0 Å². The van der Waals surface area contributed by atoms with E-state index in [0.717, 1.165) is 0 Å². The van der Waals surface area contributed by atoms with E-state index in [0.29, 0.717) is 35.1 Å². The third-order valence-corrected chi connectivity index (χ3v) is 3.88. The van der Waals surface area contributed by atoms with Crippen LogP contribution in [0.2, 0.25) is 5.02 Å². The summed E-state index contributed by atoms with van der Waals surface area (Å²) in [5.74, 6) is 0.456. The van der Waals surface area contributed by atoms with E-state index in [2.05, 4.69) is 29.5 Å². The van der Waals surface area contributed by atoms with Crippen LogP contribution in [0.25, 0.3) is 0 Å². The first-order valence-corrected chi connectivity index (χ1v) is 8.15. The van der Waals surface area contributed by atoms with Crippen LogP contribution in [0.4, 0.5) is 11.5 Å². The number of anilines is 2. The Morgan fingerprint density at radius 1 is 1.29 bits per heavy atom. The van der Waals surface area contributed by atoms with Crippen molar-refractivity contribution in [2.45, 2.75) is 20.3 Å². The molecule has 1 aromatic carbocycles. The number of nitrogens with zero attached hydrogens (tertiary/aromatic N) is 1. The van der Waals surface area contributed by atoms with Gasteiger partial charge >= 0.3 is 0 Å². The van der Waals surface area contributed by atoms with Crippen molar-refractivity contribution in [3.63, 3.8) is 0 Å². The fourth-order valence-electron chi connectivity index (χ4n) is 2.12. The molecular formula is C18H22ClN3O2. The number of carbonyl (C=O) groups is 1. The number of hydrogen-bond acceptors (Lipinski definition) is 4. The molecule has 1 amide bonds. The van der Waals surface area contributed by atoms with Crippen molar-refractivity contribution in [2.75, 3.05) is 23.8 Å². The third-order valence-electron chi connectivity index (χ3n) is 3.64. The lowest BCUT2D eigenvalue weighted by molar-refractivity contribution is 0.102. The maximum atomic E-state index is 12.2. The van der Waals surface area contributed by atoms with Crippen LogP contribution in [-0.4, -0.2) is 29.1 Å². The second-order valence-electron chi connectivity index (χ2n) is 6.39. The van der Waals surface area contributed by atoms with Gasteiger partial charge in [0.1, 0.15) is 5.82 Å². The number of amides is 1. The molecule has 6 heteroatoms. The summed E-state index contributed by atoms with van der Waals surface area (Å²) in [7, 11) is 0. The van der Waals surface area contributed by atoms with Gasteiger partial charge in [0.2, 0.25) is 0 Å². The van der Waals surface area contributed by atoms with Gasteiger partial charge in [-0.2, -0.15) is 0 Å². The predicted molar refractivity (Wildman–Crippen MR) is 97.6 cm³/mol. The van der Waals surface area contributed by atoms with E-state index >= 15 is 0 Å². The summed E-state index contributed by atoms with van der Waals surface area (Å²) >= 11 is 5.90. The van der Waals surface area contributed by atoms with Crippen LogP contribution in [-0.2, 0) is 0 Å². The van der Waals surface area contributed by atoms with Crippen LogP contribution < -0.4 is 10.6 Å². The van der Waals surface area contributed by atoms with Crippen LogP contribution in [0.15, 0.2) is 42.6 Å². The Kier molecular flexibility index (Phi) is 6.17. The Bertz CT molecular complexity index is 687. The van der Waals surface area contributed by atoms with Gasteiger partial charge in [0.25, 0.3) is 5.91 Å². The summed E-state index contributed by atoms with van der Waals surface area (Å²) in [6, 6.07) is 10.5. The largest absolute Gasteiger partial charge is 0.396 e. The average Bonchev–Trinajstić information content (AvgIpc) is 2.53. The van der Waals surface area contributed by atoms with Crippen LogP contribution in [0.5, 0.6) is 0 Å². The predicted octanol–water partition coefficient (Wildman–Crippen LogP) is 3.81. The molecule has 0 aliphatic carbocycles. The van der Waals surface area contributed by atoms with Crippen molar-refractivity contribution in [2.24, 2.45) is 5.41 Å². The maximum Gasteiger partial charge on any atom is 0.257 e. The topological polar surface area (TPSA) is 74.2 Å². The highest BCUT2D eigenvalue weighted by molar-refractivity contribution is 6.30. The summed E-state index contributed by atoms with van der Waals surface area (Å²) in [6.45, 7) is 4.99. The molecule has 0 aliphatic rings. The molecule has 0 bridgehead atoms. The minimum absolute atomic E-state index is 0.0287. The third kappa shape index (κ3) is 5.51. The molecule has 3 N–H and O–H groups in total. The molecule has 0 saturated heterocycles. The Balaban J connectivity index is 1.95. The fraction of sp³-hybridized carbons (Fsp3) is 0.333. The second-order valence-corrected chi connectivity index (χ2v) is 6.82. The smallest absolute Gasteiger partial charge is 0.257 e. The quantitative estimate of drug-likeness (QED) is 0.712. The molecule has 128 valence electrons. The number of carbonyl (C=O) groups excluding carboxylic acids is 1. The van der Waals surface area contributed by atoms with Crippen LogP contribution in [0.1, 0.15) is 30.6 Å². The lowest BCUT2D eigenvalue weighted by Crippen LogP contribution is -2.24. The molecule has 0 saturated carbocycles. The lowest BCUT2D eigenvalue weighted by Gasteiger charge is -2.24. The summed E-state index contributed by atoms with van der Waals surface area (Å²) in [5.41, 5.74) is 1.08. The van der Waals surface area contributed by atoms with Crippen molar-refractivity contribution < 1.29 is 9.90 Å². The number of pyridine rings is 1. The van der Waals surface area contributed by atoms with Crippen molar-refractivity contribution in [3.05, 3.63) is 53.2 Å². The molecule has 0 spiro atoms. The van der Waals surface area contributed by atoms with E-state index in [1.807, 2.05) is 0 Å². The highest BCUT2D eigenvalue weighted by Crippen LogP contribution is 2.20. The molecule has 1 heterocycles. The molecule has 1 aromatic heterocycles. The van der Waals surface area contributed by atoms with E-state index in [-0.39, 0.29) is 17.9 Å². The Labute approximate surface area is 147 Å². The number of aliphatic hydroxyl groups is 1. The number of nitrogens with one attached hydrogen (secondary N) is 2. The van der Waals surface area contributed by atoms with Crippen molar-refractivity contribution in [3.8, 4) is 0 Å². The van der Waals surface area contributed by atoms with Gasteiger partial charge in [0.05, 0.1) is 5.56 Å². The number of rotatable bonds is 7. The van der Waals surface area contributed by atoms with Gasteiger partial charge in [-0.05, 0) is 42.2 Å². The van der Waals surface area contributed by atoms with Crippen LogP contribution >= 0.6 is 11.6 Å². The highest BCUT2D eigenvalue weighted by Gasteiger charge is 2.17. The summed E-state index contributed by atoms with van der Waals surface area (Å²) in [5, 5.41) is 15.6. The first-order chi connectivity index (χ1) is 11.4. The minimum Gasteiger partial charge on any atom is -0.396 e. The monoisotopic (exact) mass is 347 g/mol. The number of hydrogen-bond donors (Lipinski definition) is 3. The molecule has 0 fully saturated rings. The zero-order valence-electron chi connectivity index (χ0n) is 13.8. The van der Waals surface area contributed by atoms with E-state index in [1.54, 1.807) is 36.4 Å². The van der Waals surface area contributed by atoms with E-state index in [9.17, 15) is 4.79 Å². The highest BCUT2D eigenvalue weighted by atomic mass is 35.5. The SMILES string of the molecule is CC(C)(CCO)CNc1ccc(C(=O)Nc2cccc(Cl)c2)cn1. The van der Waals surface area contributed by atoms with Gasteiger partial charge < -0.3 is 15.7 Å². The first-order valence-electron chi connectivity index (χ1n) is 7.77. The molecule has 0 radical (unpaired) electrons. The summed E-state index contributed by atoms with van der Waals surface area (Å²) in [6.07, 6.45) is 2.24. The molecule has 2 aromatic rings. The molecular weight excluding hydrogens is 326 g/mol. The van der Waals surface area contributed by atoms with Gasteiger partial charge in [-0.1, -0.05) is 31.5 Å². The van der Waals surface area contributed by atoms with Gasteiger partial charge in [0, 0.05) is 30.1 Å². The lowest BCUT2D eigenvalue weighted by atomic mass is 9.90. The summed E-state index contributed by atoms with van der Waals surface area (Å²) in [4.78, 5) is 16.5. The van der Waals surface area contributed by atoms with Crippen molar-refractivity contribution in [1.82, 2.24) is 4.98 Å². The average molecular weight is 348 g/mol. The van der Waals surface area contributed by atoms with Crippen LogP contribution in [0, 0.1) is 5.41 Å². The first kappa shape index (κ1) is 18.2. The number of aromatic nitrogens is 1. The van der Waals surface area contributed by atoms with Crippen molar-refractivity contribution >= 4 is 29.0 Å². The fourth-order valence-corrected chi connectivity index (χ4v) is 2.31. The molecule has 2 rings (SSSR count). The summed E-state index contributed by atoms with van der Waals surface area (Å²) < 4.78 is 0. The van der Waals surface area contributed by atoms with Crippen LogP contribution in [0.3, 0.4) is 0 Å². The van der Waals surface area contributed by atoms with Gasteiger partial charge in [-0.15, -0.1) is 0 Å². The Hall–Kier alpha value is -2.11. The zero-order valence-corrected chi connectivity index (χ0v) is 14.6. The van der Waals surface area contributed by atoms with Gasteiger partial charge in [-0.25, -0.2) is 4.98 Å².